The van der Waals surface area contributed by atoms with E-state index in [9.17, 15) is 4.79 Å². The van der Waals surface area contributed by atoms with Crippen LogP contribution >= 0.6 is 0 Å². The number of aryl methyl sites for hydroxylation is 2. The van der Waals surface area contributed by atoms with Gasteiger partial charge >= 0.3 is 0 Å². The first-order valence-electron chi connectivity index (χ1n) is 7.09. The molecular weight excluding hydrogens is 254 g/mol. The number of methoxy groups -OCH3 is 1. The lowest BCUT2D eigenvalue weighted by Gasteiger charge is -2.18. The van der Waals surface area contributed by atoms with E-state index in [-0.39, 0.29) is 5.91 Å². The summed E-state index contributed by atoms with van der Waals surface area (Å²) in [5, 5.41) is 2.87. The molecule has 0 saturated carbocycles. The van der Waals surface area contributed by atoms with Crippen molar-refractivity contribution in [2.45, 2.75) is 39.7 Å². The van der Waals surface area contributed by atoms with E-state index in [1.54, 1.807) is 7.11 Å². The van der Waals surface area contributed by atoms with Crippen LogP contribution < -0.4 is 10.1 Å². The Morgan fingerprint density at radius 2 is 2.05 bits per heavy atom. The van der Waals surface area contributed by atoms with Crippen LogP contribution in [-0.2, 0) is 9.53 Å². The monoisotopic (exact) mass is 279 g/mol. The van der Waals surface area contributed by atoms with Crippen LogP contribution in [0.1, 0.15) is 30.9 Å². The number of benzene rings is 1. The van der Waals surface area contributed by atoms with Crippen LogP contribution in [0.2, 0.25) is 0 Å². The second kappa shape index (κ2) is 8.59. The number of rotatable bonds is 8. The largest absolute Gasteiger partial charge is 0.481 e. The number of carbonyl (C=O) groups excluding carboxylic acids is 1. The maximum atomic E-state index is 12.0. The van der Waals surface area contributed by atoms with Gasteiger partial charge in [-0.05, 0) is 49.9 Å². The van der Waals surface area contributed by atoms with E-state index in [0.29, 0.717) is 19.6 Å². The summed E-state index contributed by atoms with van der Waals surface area (Å²) >= 11 is 0. The summed E-state index contributed by atoms with van der Waals surface area (Å²) in [5.41, 5.74) is 2.38. The molecule has 0 aliphatic rings. The number of hydrogen-bond acceptors (Lipinski definition) is 3. The Labute approximate surface area is 121 Å². The summed E-state index contributed by atoms with van der Waals surface area (Å²) in [4.78, 5) is 12.0. The van der Waals surface area contributed by atoms with Crippen LogP contribution in [0.3, 0.4) is 0 Å². The van der Waals surface area contributed by atoms with Crippen molar-refractivity contribution in [1.29, 1.82) is 0 Å². The first-order chi connectivity index (χ1) is 9.58. The molecule has 4 nitrogen and oxygen atoms in total. The Kier molecular flexibility index (Phi) is 7.09. The Morgan fingerprint density at radius 3 is 2.65 bits per heavy atom. The number of nitrogens with one attached hydrogen (secondary N) is 1. The molecule has 1 amide bonds. The van der Waals surface area contributed by atoms with Crippen molar-refractivity contribution < 1.29 is 14.3 Å². The highest BCUT2D eigenvalue weighted by Gasteiger charge is 2.17. The highest BCUT2D eigenvalue weighted by Crippen LogP contribution is 2.18. The smallest absolute Gasteiger partial charge is 0.261 e. The fourth-order valence-electron chi connectivity index (χ4n) is 1.82. The quantitative estimate of drug-likeness (QED) is 0.744. The molecule has 20 heavy (non-hydrogen) atoms. The molecule has 0 aliphatic heterocycles. The molecule has 1 rings (SSSR count). The third-order valence-corrected chi connectivity index (χ3v) is 3.24. The number of amides is 1. The topological polar surface area (TPSA) is 47.6 Å². The normalized spacial score (nSPS) is 12.0. The van der Waals surface area contributed by atoms with E-state index >= 15 is 0 Å². The maximum absolute atomic E-state index is 12.0. The minimum atomic E-state index is -0.445. The highest BCUT2D eigenvalue weighted by atomic mass is 16.5. The number of ether oxygens (including phenoxy) is 2. The summed E-state index contributed by atoms with van der Waals surface area (Å²) in [5.74, 6) is 0.675. The number of hydrogen-bond donors (Lipinski definition) is 1. The predicted octanol–water partition coefficient (Wildman–Crippen LogP) is 2.61. The summed E-state index contributed by atoms with van der Waals surface area (Å²) in [6.07, 6.45) is 1.00. The van der Waals surface area contributed by atoms with Gasteiger partial charge in [0.2, 0.25) is 0 Å². The van der Waals surface area contributed by atoms with Gasteiger partial charge in [0, 0.05) is 20.3 Å². The van der Waals surface area contributed by atoms with Gasteiger partial charge in [0.1, 0.15) is 5.75 Å². The van der Waals surface area contributed by atoms with Crippen LogP contribution in [0.15, 0.2) is 18.2 Å². The molecule has 0 fully saturated rings. The lowest BCUT2D eigenvalue weighted by Crippen LogP contribution is -2.38. The van der Waals surface area contributed by atoms with E-state index in [1.807, 2.05) is 32.0 Å². The maximum Gasteiger partial charge on any atom is 0.261 e. The van der Waals surface area contributed by atoms with E-state index < -0.39 is 6.10 Å². The molecular formula is C16H25NO3. The van der Waals surface area contributed by atoms with Crippen LogP contribution in [-0.4, -0.2) is 32.3 Å². The lowest BCUT2D eigenvalue weighted by molar-refractivity contribution is -0.128. The van der Waals surface area contributed by atoms with Crippen molar-refractivity contribution >= 4 is 5.91 Å². The third-order valence-electron chi connectivity index (χ3n) is 3.24. The van der Waals surface area contributed by atoms with Gasteiger partial charge in [0.05, 0.1) is 0 Å². The van der Waals surface area contributed by atoms with Crippen molar-refractivity contribution in [1.82, 2.24) is 5.32 Å². The van der Waals surface area contributed by atoms with Crippen LogP contribution in [0.25, 0.3) is 0 Å². The molecule has 0 bridgehead atoms. The minimum absolute atomic E-state index is 0.0677. The second-order valence-electron chi connectivity index (χ2n) is 4.90. The molecule has 1 aromatic rings. The first kappa shape index (κ1) is 16.5. The molecule has 112 valence electrons. The van der Waals surface area contributed by atoms with Crippen LogP contribution in [0, 0.1) is 13.8 Å². The first-order valence-corrected chi connectivity index (χ1v) is 7.09. The van der Waals surface area contributed by atoms with Crippen molar-refractivity contribution in [3.63, 3.8) is 0 Å². The van der Waals surface area contributed by atoms with Gasteiger partial charge in [-0.3, -0.25) is 4.79 Å². The molecule has 0 unspecified atom stereocenters. The van der Waals surface area contributed by atoms with Crippen molar-refractivity contribution in [2.75, 3.05) is 20.3 Å². The summed E-state index contributed by atoms with van der Waals surface area (Å²) in [6.45, 7) is 7.29. The lowest BCUT2D eigenvalue weighted by atomic mass is 10.1. The van der Waals surface area contributed by atoms with Crippen molar-refractivity contribution in [3.8, 4) is 5.75 Å². The highest BCUT2D eigenvalue weighted by molar-refractivity contribution is 5.81. The average Bonchev–Trinajstić information content (AvgIpc) is 2.44. The van der Waals surface area contributed by atoms with Crippen molar-refractivity contribution in [2.24, 2.45) is 0 Å². The Hall–Kier alpha value is -1.55. The van der Waals surface area contributed by atoms with Gasteiger partial charge in [-0.2, -0.15) is 0 Å². The molecule has 1 aromatic carbocycles. The van der Waals surface area contributed by atoms with E-state index in [2.05, 4.69) is 12.2 Å². The number of carbonyl (C=O) groups is 1. The molecule has 1 atom stereocenters. The Bertz CT molecular complexity index is 432. The molecule has 4 heteroatoms. The zero-order valence-corrected chi connectivity index (χ0v) is 12.9. The second-order valence-corrected chi connectivity index (χ2v) is 4.90. The van der Waals surface area contributed by atoms with E-state index in [4.69, 9.17) is 9.47 Å². The van der Waals surface area contributed by atoms with Gasteiger partial charge < -0.3 is 14.8 Å². The average molecular weight is 279 g/mol. The Balaban J connectivity index is 2.52. The van der Waals surface area contributed by atoms with Gasteiger partial charge in [-0.15, -0.1) is 0 Å². The zero-order valence-electron chi connectivity index (χ0n) is 12.9. The standard InChI is InChI=1S/C16H25NO3/c1-5-15(16(18)17-9-6-10-19-4)20-14-8-7-12(2)13(3)11-14/h7-8,11,15H,5-6,9-10H2,1-4H3,(H,17,18)/t15-/m0/s1. The van der Waals surface area contributed by atoms with Crippen LogP contribution in [0.5, 0.6) is 5.75 Å². The molecule has 0 aromatic heterocycles. The van der Waals surface area contributed by atoms with Crippen molar-refractivity contribution in [3.05, 3.63) is 29.3 Å². The summed E-state index contributed by atoms with van der Waals surface area (Å²) < 4.78 is 10.7. The van der Waals surface area contributed by atoms with E-state index in [0.717, 1.165) is 17.7 Å². The fraction of sp³-hybridized carbons (Fsp3) is 0.562. The minimum Gasteiger partial charge on any atom is -0.481 e. The predicted molar refractivity (Wildman–Crippen MR) is 80.1 cm³/mol. The third kappa shape index (κ3) is 5.21. The molecule has 0 radical (unpaired) electrons. The van der Waals surface area contributed by atoms with Crippen LogP contribution in [0.4, 0.5) is 0 Å². The summed E-state index contributed by atoms with van der Waals surface area (Å²) in [6, 6.07) is 5.88. The Morgan fingerprint density at radius 1 is 1.30 bits per heavy atom. The SMILES string of the molecule is CC[C@H](Oc1ccc(C)c(C)c1)C(=O)NCCCOC. The fourth-order valence-corrected chi connectivity index (χ4v) is 1.82. The summed E-state index contributed by atoms with van der Waals surface area (Å²) in [7, 11) is 1.65. The zero-order chi connectivity index (χ0) is 15.0. The van der Waals surface area contributed by atoms with Gasteiger partial charge in [-0.1, -0.05) is 13.0 Å². The van der Waals surface area contributed by atoms with E-state index in [1.165, 1.54) is 5.56 Å². The molecule has 0 aliphatic carbocycles. The molecule has 0 spiro atoms. The van der Waals surface area contributed by atoms with Gasteiger partial charge in [-0.25, -0.2) is 0 Å². The molecule has 0 heterocycles. The van der Waals surface area contributed by atoms with Gasteiger partial charge in [0.25, 0.3) is 5.91 Å². The van der Waals surface area contributed by atoms with Gasteiger partial charge in [0.15, 0.2) is 6.10 Å². The molecule has 1 N–H and O–H groups in total. The molecule has 0 saturated heterocycles.